The van der Waals surface area contributed by atoms with E-state index < -0.39 is 46.2 Å². The van der Waals surface area contributed by atoms with Gasteiger partial charge in [0.1, 0.15) is 6.10 Å². The highest BCUT2D eigenvalue weighted by atomic mass is 32.2. The van der Waals surface area contributed by atoms with Gasteiger partial charge in [-0.15, -0.1) is 0 Å². The van der Waals surface area contributed by atoms with Crippen molar-refractivity contribution in [3.8, 4) is 0 Å². The molecular formula is C9H13F3O7S. The summed E-state index contributed by atoms with van der Waals surface area (Å²) in [6, 6.07) is 0. The van der Waals surface area contributed by atoms with Gasteiger partial charge in [0.05, 0.1) is 13.7 Å². The van der Waals surface area contributed by atoms with E-state index in [1.165, 1.54) is 13.8 Å². The normalized spacial score (nSPS) is 26.5. The van der Waals surface area contributed by atoms with Gasteiger partial charge in [0.15, 0.2) is 11.9 Å². The van der Waals surface area contributed by atoms with Crippen LogP contribution in [0.25, 0.3) is 0 Å². The van der Waals surface area contributed by atoms with Crippen molar-refractivity contribution in [2.75, 3.05) is 13.7 Å². The quantitative estimate of drug-likeness (QED) is 0.424. The lowest BCUT2D eigenvalue weighted by atomic mass is 10.2. The fourth-order valence-corrected chi connectivity index (χ4v) is 1.94. The van der Waals surface area contributed by atoms with Gasteiger partial charge in [-0.3, -0.25) is 4.18 Å². The Morgan fingerprint density at radius 2 is 1.85 bits per heavy atom. The summed E-state index contributed by atoms with van der Waals surface area (Å²) in [5.41, 5.74) is -5.55. The van der Waals surface area contributed by atoms with Crippen LogP contribution in [0.15, 0.2) is 0 Å². The Balaban J connectivity index is 2.78. The fourth-order valence-electron chi connectivity index (χ4n) is 1.50. The third-order valence-corrected chi connectivity index (χ3v) is 3.30. The van der Waals surface area contributed by atoms with E-state index in [4.69, 9.17) is 9.47 Å². The summed E-state index contributed by atoms with van der Waals surface area (Å²) in [5, 5.41) is 0. The Hall–Kier alpha value is -0.910. The van der Waals surface area contributed by atoms with E-state index in [1.54, 1.807) is 0 Å². The Kier molecular flexibility index (Phi) is 4.69. The van der Waals surface area contributed by atoms with Gasteiger partial charge >= 0.3 is 21.6 Å². The van der Waals surface area contributed by atoms with Crippen molar-refractivity contribution in [1.29, 1.82) is 0 Å². The maximum atomic E-state index is 12.1. The fraction of sp³-hybridized carbons (Fsp3) is 0.889. The van der Waals surface area contributed by atoms with Gasteiger partial charge in [-0.1, -0.05) is 0 Å². The van der Waals surface area contributed by atoms with Gasteiger partial charge in [0, 0.05) is 0 Å². The zero-order valence-electron chi connectivity index (χ0n) is 10.8. The number of methoxy groups -OCH3 is 1. The monoisotopic (exact) mass is 322 g/mol. The highest BCUT2D eigenvalue weighted by Crippen LogP contribution is 2.31. The predicted octanol–water partition coefficient (Wildman–Crippen LogP) is 0.546. The van der Waals surface area contributed by atoms with Crippen LogP contribution in [0.3, 0.4) is 0 Å². The van der Waals surface area contributed by atoms with Crippen LogP contribution in [-0.4, -0.2) is 51.6 Å². The maximum absolute atomic E-state index is 12.1. The smallest absolute Gasteiger partial charge is 0.467 e. The molecule has 0 amide bonds. The predicted molar refractivity (Wildman–Crippen MR) is 56.8 cm³/mol. The van der Waals surface area contributed by atoms with Crippen LogP contribution < -0.4 is 0 Å². The summed E-state index contributed by atoms with van der Waals surface area (Å²) in [6.45, 7) is 1.79. The summed E-state index contributed by atoms with van der Waals surface area (Å²) in [5.74, 6) is -2.19. The number of carbonyl (C=O) groups is 1. The largest absolute Gasteiger partial charge is 0.523 e. The second-order valence-electron chi connectivity index (χ2n) is 4.30. The summed E-state index contributed by atoms with van der Waals surface area (Å²) in [6.07, 6.45) is -2.71. The first kappa shape index (κ1) is 17.1. The number of rotatable bonds is 4. The molecule has 0 bridgehead atoms. The van der Waals surface area contributed by atoms with Crippen LogP contribution in [0.2, 0.25) is 0 Å². The topological polar surface area (TPSA) is 88.1 Å². The molecule has 2 atom stereocenters. The van der Waals surface area contributed by atoms with Gasteiger partial charge in [0.25, 0.3) is 0 Å². The van der Waals surface area contributed by atoms with Crippen molar-refractivity contribution in [1.82, 2.24) is 0 Å². The minimum absolute atomic E-state index is 0.909. The Morgan fingerprint density at radius 3 is 2.30 bits per heavy atom. The van der Waals surface area contributed by atoms with E-state index in [0.29, 0.717) is 0 Å². The molecule has 0 radical (unpaired) electrons. The summed E-state index contributed by atoms with van der Waals surface area (Å²) in [4.78, 5) is 11.4. The number of ether oxygens (including phenoxy) is 3. The molecule has 20 heavy (non-hydrogen) atoms. The van der Waals surface area contributed by atoms with E-state index in [2.05, 4.69) is 8.92 Å². The molecule has 0 aromatic heterocycles. The summed E-state index contributed by atoms with van der Waals surface area (Å²) >= 11 is 0. The zero-order chi connectivity index (χ0) is 15.8. The molecule has 1 rings (SSSR count). The molecule has 1 aliphatic rings. The average Bonchev–Trinajstić information content (AvgIpc) is 2.59. The Morgan fingerprint density at radius 1 is 1.30 bits per heavy atom. The van der Waals surface area contributed by atoms with Crippen molar-refractivity contribution in [2.45, 2.75) is 37.4 Å². The van der Waals surface area contributed by atoms with Crippen molar-refractivity contribution >= 4 is 16.1 Å². The molecule has 1 fully saturated rings. The molecule has 1 saturated heterocycles. The van der Waals surface area contributed by atoms with Crippen LogP contribution in [0.1, 0.15) is 13.8 Å². The second-order valence-corrected chi connectivity index (χ2v) is 5.91. The molecular weight excluding hydrogens is 309 g/mol. The number of hydrogen-bond donors (Lipinski definition) is 0. The van der Waals surface area contributed by atoms with Gasteiger partial charge in [-0.2, -0.15) is 21.6 Å². The Labute approximate surface area is 113 Å². The van der Waals surface area contributed by atoms with Crippen LogP contribution in [0.4, 0.5) is 13.2 Å². The lowest BCUT2D eigenvalue weighted by Crippen LogP contribution is -2.37. The number of carbonyl (C=O) groups excluding carboxylic acids is 1. The minimum Gasteiger partial charge on any atom is -0.467 e. The van der Waals surface area contributed by atoms with E-state index in [0.717, 1.165) is 7.11 Å². The van der Waals surface area contributed by atoms with Gasteiger partial charge in [-0.05, 0) is 13.8 Å². The molecule has 7 nitrogen and oxygen atoms in total. The van der Waals surface area contributed by atoms with Crippen LogP contribution in [-0.2, 0) is 33.3 Å². The van der Waals surface area contributed by atoms with Crippen molar-refractivity contribution < 1.29 is 44.8 Å². The molecule has 0 aromatic carbocycles. The summed E-state index contributed by atoms with van der Waals surface area (Å²) < 4.78 is 76.3. The zero-order valence-corrected chi connectivity index (χ0v) is 11.6. The minimum atomic E-state index is -5.77. The van der Waals surface area contributed by atoms with E-state index >= 15 is 0 Å². The molecule has 0 aromatic rings. The first-order valence-electron chi connectivity index (χ1n) is 5.29. The number of halogens is 3. The number of esters is 1. The first-order chi connectivity index (χ1) is 8.89. The second kappa shape index (κ2) is 5.47. The third kappa shape index (κ3) is 3.81. The van der Waals surface area contributed by atoms with E-state index in [9.17, 15) is 26.4 Å². The van der Waals surface area contributed by atoms with Crippen molar-refractivity contribution in [3.05, 3.63) is 0 Å². The van der Waals surface area contributed by atoms with E-state index in [-0.39, 0.29) is 0 Å². The highest BCUT2D eigenvalue weighted by Gasteiger charge is 2.51. The van der Waals surface area contributed by atoms with Gasteiger partial charge in [0.2, 0.25) is 0 Å². The van der Waals surface area contributed by atoms with Crippen LogP contribution >= 0.6 is 0 Å². The standard InChI is InChI=1S/C9H13F3O7S/c1-8(2)18-5(6(19-8)7(13)16-3)4-17-20(14,15)9(10,11)12/h5-6H,4H2,1-3H3/t5-,6+/m0/s1. The molecule has 0 N–H and O–H groups in total. The maximum Gasteiger partial charge on any atom is 0.523 e. The number of alkyl halides is 3. The molecule has 0 spiro atoms. The highest BCUT2D eigenvalue weighted by molar-refractivity contribution is 7.87. The molecule has 0 unspecified atom stereocenters. The van der Waals surface area contributed by atoms with Crippen LogP contribution in [0, 0.1) is 0 Å². The van der Waals surface area contributed by atoms with Crippen molar-refractivity contribution in [2.24, 2.45) is 0 Å². The van der Waals surface area contributed by atoms with Gasteiger partial charge < -0.3 is 14.2 Å². The molecule has 1 aliphatic heterocycles. The van der Waals surface area contributed by atoms with Gasteiger partial charge in [-0.25, -0.2) is 4.79 Å². The van der Waals surface area contributed by atoms with E-state index in [1.807, 2.05) is 0 Å². The third-order valence-electron chi connectivity index (χ3n) is 2.29. The number of hydrogen-bond acceptors (Lipinski definition) is 7. The van der Waals surface area contributed by atoms with Crippen LogP contribution in [0.5, 0.6) is 0 Å². The van der Waals surface area contributed by atoms with Crippen molar-refractivity contribution in [3.63, 3.8) is 0 Å². The lowest BCUT2D eigenvalue weighted by molar-refractivity contribution is -0.168. The molecule has 0 saturated carbocycles. The summed E-state index contributed by atoms with van der Waals surface area (Å²) in [7, 11) is -4.72. The molecule has 1 heterocycles. The SMILES string of the molecule is COC(=O)[C@@H]1OC(C)(C)O[C@H]1COS(=O)(=O)C(F)(F)F. The molecule has 0 aliphatic carbocycles. The average molecular weight is 322 g/mol. The first-order valence-corrected chi connectivity index (χ1v) is 6.69. The Bertz CT molecular complexity index is 470. The molecule has 11 heteroatoms. The molecule has 118 valence electrons. The lowest BCUT2D eigenvalue weighted by Gasteiger charge is -2.16.